The van der Waals surface area contributed by atoms with Gasteiger partial charge in [-0.05, 0) is 104 Å². The van der Waals surface area contributed by atoms with Crippen LogP contribution in [-0.2, 0) is 35.5 Å². The van der Waals surface area contributed by atoms with Crippen molar-refractivity contribution in [2.24, 2.45) is 0 Å². The lowest BCUT2D eigenvalue weighted by atomic mass is 9.95. The van der Waals surface area contributed by atoms with Crippen LogP contribution in [0.4, 0.5) is 10.5 Å². The maximum Gasteiger partial charge on any atom is 0.410 e. The van der Waals surface area contributed by atoms with Crippen LogP contribution < -0.4 is 4.90 Å². The summed E-state index contributed by atoms with van der Waals surface area (Å²) in [5.41, 5.74) is 8.28. The van der Waals surface area contributed by atoms with Crippen molar-refractivity contribution in [3.05, 3.63) is 148 Å². The summed E-state index contributed by atoms with van der Waals surface area (Å²) in [5.74, 6) is -0.147. The molecular formula is C44H47ClN6O3. The van der Waals surface area contributed by atoms with Crippen molar-refractivity contribution in [2.45, 2.75) is 83.1 Å². The number of halogens is 1. The van der Waals surface area contributed by atoms with Crippen LogP contribution in [0.1, 0.15) is 77.4 Å². The van der Waals surface area contributed by atoms with Crippen LogP contribution in [-0.4, -0.2) is 68.1 Å². The average molecular weight is 743 g/mol. The van der Waals surface area contributed by atoms with Gasteiger partial charge in [-0.3, -0.25) is 19.6 Å². The minimum absolute atomic E-state index is 0.126. The summed E-state index contributed by atoms with van der Waals surface area (Å²) < 4.78 is 8.24. The minimum atomic E-state index is -0.801. The maximum atomic E-state index is 15.4. The zero-order valence-electron chi connectivity index (χ0n) is 30.8. The summed E-state index contributed by atoms with van der Waals surface area (Å²) >= 11 is 6.55. The van der Waals surface area contributed by atoms with Gasteiger partial charge in [-0.25, -0.2) is 9.78 Å². The molecule has 2 aromatic heterocycles. The molecule has 0 N–H and O–H groups in total. The fraction of sp³-hybridized carbons (Fsp3) is 0.364. The van der Waals surface area contributed by atoms with E-state index in [0.717, 1.165) is 78.7 Å². The Morgan fingerprint density at radius 2 is 1.69 bits per heavy atom. The van der Waals surface area contributed by atoms with Gasteiger partial charge < -0.3 is 14.2 Å². The number of hydrogen-bond acceptors (Lipinski definition) is 6. The number of aromatic nitrogens is 3. The molecule has 8 rings (SSSR count). The summed E-state index contributed by atoms with van der Waals surface area (Å²) in [4.78, 5) is 44.9. The number of fused-ring (bicyclic) bond motifs is 2. The number of ether oxygens (including phenoxy) is 1. The van der Waals surface area contributed by atoms with E-state index in [-0.39, 0.29) is 18.1 Å². The zero-order chi connectivity index (χ0) is 37.0. The highest BCUT2D eigenvalue weighted by molar-refractivity contribution is 6.30. The van der Waals surface area contributed by atoms with Crippen LogP contribution in [0.25, 0.3) is 0 Å². The molecule has 2 atom stereocenters. The van der Waals surface area contributed by atoms with Crippen molar-refractivity contribution in [2.75, 3.05) is 24.5 Å². The van der Waals surface area contributed by atoms with Gasteiger partial charge in [0, 0.05) is 49.3 Å². The molecule has 5 aromatic rings. The molecule has 1 aliphatic heterocycles. The van der Waals surface area contributed by atoms with Crippen LogP contribution in [0.3, 0.4) is 0 Å². The third kappa shape index (κ3) is 7.93. The first kappa shape index (κ1) is 36.0. The topological polar surface area (TPSA) is 83.8 Å². The average Bonchev–Trinajstić information content (AvgIpc) is 3.53. The molecule has 0 bridgehead atoms. The van der Waals surface area contributed by atoms with Gasteiger partial charge >= 0.3 is 6.09 Å². The highest BCUT2D eigenvalue weighted by atomic mass is 35.5. The fourth-order valence-corrected chi connectivity index (χ4v) is 8.64. The number of carbonyl (C=O) groups excluding carboxylic acids is 2. The molecule has 2 aliphatic carbocycles. The second kappa shape index (κ2) is 16.2. The number of carbonyl (C=O) groups is 2. The minimum Gasteiger partial charge on any atom is -0.446 e. The SMILES string of the molecule is Cc1cn(Cc2cccc(N(Cc3ccccc3)C(=O)C3CN(C4c5ccc(Cl)cc5CCc5cccnc54)CCN3C(=O)OC3CCCCC3)c2)cn1. The zero-order valence-corrected chi connectivity index (χ0v) is 31.6. The van der Waals surface area contributed by atoms with E-state index in [2.05, 4.69) is 40.2 Å². The quantitative estimate of drug-likeness (QED) is 0.160. The summed E-state index contributed by atoms with van der Waals surface area (Å²) in [5, 5.41) is 0.705. The lowest BCUT2D eigenvalue weighted by molar-refractivity contribution is -0.126. The molecule has 2 fully saturated rings. The van der Waals surface area contributed by atoms with Crippen molar-refractivity contribution in [1.29, 1.82) is 0 Å². The second-order valence-corrected chi connectivity index (χ2v) is 15.3. The van der Waals surface area contributed by atoms with Gasteiger partial charge in [0.25, 0.3) is 5.91 Å². The first-order chi connectivity index (χ1) is 26.4. The van der Waals surface area contributed by atoms with Gasteiger partial charge in [0.05, 0.1) is 30.3 Å². The highest BCUT2D eigenvalue weighted by Crippen LogP contribution is 2.38. The van der Waals surface area contributed by atoms with Crippen LogP contribution in [0.2, 0.25) is 5.02 Å². The van der Waals surface area contributed by atoms with Gasteiger partial charge in [0.1, 0.15) is 12.1 Å². The van der Waals surface area contributed by atoms with Gasteiger partial charge in [0.2, 0.25) is 0 Å². The molecule has 1 saturated carbocycles. The summed E-state index contributed by atoms with van der Waals surface area (Å²) in [6.07, 6.45) is 11.8. The molecule has 0 radical (unpaired) electrons. The number of pyridine rings is 1. The second-order valence-electron chi connectivity index (χ2n) is 14.9. The monoisotopic (exact) mass is 742 g/mol. The largest absolute Gasteiger partial charge is 0.446 e. The first-order valence-corrected chi connectivity index (χ1v) is 19.6. The molecule has 9 nitrogen and oxygen atoms in total. The number of imidazole rings is 1. The van der Waals surface area contributed by atoms with E-state index in [9.17, 15) is 4.79 Å². The van der Waals surface area contributed by atoms with Crippen molar-refractivity contribution >= 4 is 29.3 Å². The summed E-state index contributed by atoms with van der Waals surface area (Å²) in [6.45, 7) is 4.18. The molecule has 54 heavy (non-hydrogen) atoms. The van der Waals surface area contributed by atoms with Gasteiger partial charge in [-0.15, -0.1) is 0 Å². The van der Waals surface area contributed by atoms with E-state index >= 15 is 4.79 Å². The number of nitrogens with zero attached hydrogens (tertiary/aromatic N) is 6. The van der Waals surface area contributed by atoms with Crippen molar-refractivity contribution in [1.82, 2.24) is 24.3 Å². The van der Waals surface area contributed by atoms with Crippen LogP contribution >= 0.6 is 11.6 Å². The standard InChI is InChI=1S/C44H47ClN6O3/c1-31-26-48(30-47-31)27-33-12-8-14-37(24-33)51(28-32-10-4-2-5-11-32)43(52)40-29-49(22-23-50(40)44(53)54-38-15-6-3-7-16-38)42-39-20-19-36(45)25-35(39)18-17-34-13-9-21-46-41(34)42/h2,4-5,8-14,19-21,24-26,30,38,40,42H,3,6-7,15-18,22-23,27-29H2,1H3. The Labute approximate surface area is 322 Å². The molecule has 1 saturated heterocycles. The number of hydrogen-bond donors (Lipinski definition) is 0. The molecule has 2 amide bonds. The number of rotatable bonds is 8. The third-order valence-corrected chi connectivity index (χ3v) is 11.4. The summed E-state index contributed by atoms with van der Waals surface area (Å²) in [7, 11) is 0. The number of benzene rings is 3. The smallest absolute Gasteiger partial charge is 0.410 e. The molecule has 0 spiro atoms. The van der Waals surface area contributed by atoms with Gasteiger partial charge in [0.15, 0.2) is 0 Å². The van der Waals surface area contributed by atoms with E-state index in [1.165, 1.54) is 11.1 Å². The molecule has 3 aromatic carbocycles. The predicted molar refractivity (Wildman–Crippen MR) is 211 cm³/mol. The Morgan fingerprint density at radius 1 is 0.870 bits per heavy atom. The van der Waals surface area contributed by atoms with Crippen molar-refractivity contribution in [3.8, 4) is 0 Å². The van der Waals surface area contributed by atoms with E-state index in [4.69, 9.17) is 21.3 Å². The lowest BCUT2D eigenvalue weighted by Gasteiger charge is -2.45. The van der Waals surface area contributed by atoms with E-state index in [0.29, 0.717) is 37.7 Å². The Kier molecular flexibility index (Phi) is 10.8. The Morgan fingerprint density at radius 3 is 2.50 bits per heavy atom. The van der Waals surface area contributed by atoms with E-state index in [1.54, 1.807) is 4.90 Å². The predicted octanol–water partition coefficient (Wildman–Crippen LogP) is 8.17. The Bertz CT molecular complexity index is 2100. The number of amides is 2. The molecule has 10 heteroatoms. The number of piperazine rings is 1. The van der Waals surface area contributed by atoms with Crippen LogP contribution in [0, 0.1) is 6.92 Å². The lowest BCUT2D eigenvalue weighted by Crippen LogP contribution is -2.62. The first-order valence-electron chi connectivity index (χ1n) is 19.3. The van der Waals surface area contributed by atoms with Crippen LogP contribution in [0.15, 0.2) is 104 Å². The summed E-state index contributed by atoms with van der Waals surface area (Å²) in [6, 6.07) is 27.4. The van der Waals surface area contributed by atoms with E-state index in [1.807, 2.05) is 89.7 Å². The molecular weight excluding hydrogens is 696 g/mol. The molecule has 278 valence electrons. The normalized spacial score (nSPS) is 19.0. The van der Waals surface area contributed by atoms with Gasteiger partial charge in [-0.2, -0.15) is 0 Å². The highest BCUT2D eigenvalue weighted by Gasteiger charge is 2.43. The molecule has 3 heterocycles. The Hall–Kier alpha value is -4.99. The maximum absolute atomic E-state index is 15.4. The fourth-order valence-electron chi connectivity index (χ4n) is 8.45. The molecule has 3 aliphatic rings. The van der Waals surface area contributed by atoms with Crippen molar-refractivity contribution < 1.29 is 14.3 Å². The van der Waals surface area contributed by atoms with Crippen LogP contribution in [0.5, 0.6) is 0 Å². The van der Waals surface area contributed by atoms with Gasteiger partial charge in [-0.1, -0.05) is 72.6 Å². The Balaban J connectivity index is 1.17. The molecule has 2 unspecified atom stereocenters. The van der Waals surface area contributed by atoms with Crippen molar-refractivity contribution in [3.63, 3.8) is 0 Å². The van der Waals surface area contributed by atoms with E-state index < -0.39 is 12.1 Å². The third-order valence-electron chi connectivity index (χ3n) is 11.2. The number of anilines is 1. The number of aryl methyl sites for hydroxylation is 3.